The van der Waals surface area contributed by atoms with Crippen molar-refractivity contribution in [2.24, 2.45) is 0 Å². The number of carboxylic acid groups (broad SMARTS) is 2. The molecule has 0 aliphatic rings. The largest absolute Gasteiger partial charge is 0.480 e. The van der Waals surface area contributed by atoms with Crippen LogP contribution < -0.4 is 0 Å². The van der Waals surface area contributed by atoms with Crippen LogP contribution in [0, 0.1) is 0 Å². The lowest BCUT2D eigenvalue weighted by Gasteiger charge is -2.28. The SMILES string of the molecule is O=C(O)C(SCCS)C(O)(SCCS)C(=O)O. The van der Waals surface area contributed by atoms with Crippen molar-refractivity contribution in [3.05, 3.63) is 0 Å². The van der Waals surface area contributed by atoms with Crippen molar-refractivity contribution in [3.8, 4) is 0 Å². The zero-order chi connectivity index (χ0) is 13.5. The third-order valence-electron chi connectivity index (χ3n) is 1.68. The van der Waals surface area contributed by atoms with Crippen molar-refractivity contribution in [1.82, 2.24) is 0 Å². The quantitative estimate of drug-likeness (QED) is 0.313. The maximum absolute atomic E-state index is 11.0. The Bertz CT molecular complexity index is 275. The monoisotopic (exact) mass is 318 g/mol. The Morgan fingerprint density at radius 1 is 1.18 bits per heavy atom. The molecule has 9 heteroatoms. The van der Waals surface area contributed by atoms with E-state index in [9.17, 15) is 14.7 Å². The summed E-state index contributed by atoms with van der Waals surface area (Å²) in [6.07, 6.45) is 0. The zero-order valence-corrected chi connectivity index (χ0v) is 12.2. The number of carbonyl (C=O) groups is 2. The molecule has 0 bridgehead atoms. The van der Waals surface area contributed by atoms with Crippen molar-refractivity contribution in [3.63, 3.8) is 0 Å². The fourth-order valence-electron chi connectivity index (χ4n) is 0.973. The molecule has 0 spiro atoms. The molecule has 0 aromatic rings. The molecule has 0 aromatic heterocycles. The fourth-order valence-corrected chi connectivity index (χ4v) is 3.56. The van der Waals surface area contributed by atoms with Gasteiger partial charge in [0.2, 0.25) is 4.93 Å². The van der Waals surface area contributed by atoms with Gasteiger partial charge in [-0.25, -0.2) is 4.79 Å². The number of thiol groups is 2. The summed E-state index contributed by atoms with van der Waals surface area (Å²) in [5, 5.41) is 26.5. The van der Waals surface area contributed by atoms with Gasteiger partial charge in [-0.3, -0.25) is 4.79 Å². The summed E-state index contributed by atoms with van der Waals surface area (Å²) in [4.78, 5) is 19.7. The molecule has 2 atom stereocenters. The number of carboxylic acids is 2. The minimum absolute atomic E-state index is 0.247. The first-order chi connectivity index (χ1) is 7.90. The van der Waals surface area contributed by atoms with Gasteiger partial charge < -0.3 is 15.3 Å². The van der Waals surface area contributed by atoms with Crippen molar-refractivity contribution in [1.29, 1.82) is 0 Å². The number of rotatable bonds is 9. The Balaban J connectivity index is 4.93. The summed E-state index contributed by atoms with van der Waals surface area (Å²) in [5.41, 5.74) is 0. The van der Waals surface area contributed by atoms with Gasteiger partial charge >= 0.3 is 11.9 Å². The zero-order valence-electron chi connectivity index (χ0n) is 8.77. The van der Waals surface area contributed by atoms with Gasteiger partial charge in [0.25, 0.3) is 0 Å². The summed E-state index contributed by atoms with van der Waals surface area (Å²) in [7, 11) is 0. The van der Waals surface area contributed by atoms with Gasteiger partial charge in [-0.05, 0) is 11.5 Å². The first kappa shape index (κ1) is 17.3. The highest BCUT2D eigenvalue weighted by Gasteiger charge is 2.49. The topological polar surface area (TPSA) is 94.8 Å². The number of thioether (sulfide) groups is 2. The van der Waals surface area contributed by atoms with Crippen LogP contribution in [0.4, 0.5) is 0 Å². The molecule has 17 heavy (non-hydrogen) atoms. The van der Waals surface area contributed by atoms with Gasteiger partial charge in [0.05, 0.1) is 0 Å². The van der Waals surface area contributed by atoms with E-state index >= 15 is 0 Å². The smallest absolute Gasteiger partial charge is 0.348 e. The summed E-state index contributed by atoms with van der Waals surface area (Å²) >= 11 is 9.35. The first-order valence-electron chi connectivity index (χ1n) is 4.56. The van der Waals surface area contributed by atoms with Crippen molar-refractivity contribution < 1.29 is 24.9 Å². The van der Waals surface area contributed by atoms with Crippen molar-refractivity contribution >= 4 is 60.7 Å². The molecule has 0 saturated heterocycles. The third kappa shape index (κ3) is 5.21. The number of hydrogen-bond acceptors (Lipinski definition) is 7. The van der Waals surface area contributed by atoms with E-state index in [1.807, 2.05) is 0 Å². The van der Waals surface area contributed by atoms with E-state index in [1.54, 1.807) is 0 Å². The Morgan fingerprint density at radius 2 is 1.71 bits per heavy atom. The van der Waals surface area contributed by atoms with Crippen LogP contribution in [-0.2, 0) is 9.59 Å². The Kier molecular flexibility index (Phi) is 8.56. The predicted octanol–water partition coefficient (Wildman–Crippen LogP) is 0.539. The third-order valence-corrected chi connectivity index (χ3v) is 5.45. The average Bonchev–Trinajstić information content (AvgIpc) is 2.26. The van der Waals surface area contributed by atoms with Crippen molar-refractivity contribution in [2.45, 2.75) is 10.2 Å². The van der Waals surface area contributed by atoms with Crippen LogP contribution in [-0.4, -0.2) is 60.5 Å². The van der Waals surface area contributed by atoms with E-state index in [2.05, 4.69) is 25.3 Å². The van der Waals surface area contributed by atoms with E-state index in [0.29, 0.717) is 29.0 Å². The maximum Gasteiger partial charge on any atom is 0.348 e. The molecular weight excluding hydrogens is 304 g/mol. The van der Waals surface area contributed by atoms with Gasteiger partial charge in [-0.1, -0.05) is 0 Å². The number of aliphatic hydroxyl groups is 1. The molecule has 0 saturated carbocycles. The highest BCUT2D eigenvalue weighted by molar-refractivity contribution is 8.05. The van der Waals surface area contributed by atoms with Crippen LogP contribution in [0.3, 0.4) is 0 Å². The lowest BCUT2D eigenvalue weighted by atomic mass is 10.2. The van der Waals surface area contributed by atoms with Gasteiger partial charge in [0.1, 0.15) is 0 Å². The second-order valence-electron chi connectivity index (χ2n) is 2.89. The van der Waals surface area contributed by atoms with E-state index in [0.717, 1.165) is 11.8 Å². The molecular formula is C8H14O5S4. The van der Waals surface area contributed by atoms with Crippen LogP contribution in [0.1, 0.15) is 0 Å². The molecule has 2 unspecified atom stereocenters. The molecule has 0 fully saturated rings. The molecule has 5 nitrogen and oxygen atoms in total. The maximum atomic E-state index is 11.0. The highest BCUT2D eigenvalue weighted by atomic mass is 32.2. The Hall–Kier alpha value is 0.300. The normalized spacial score (nSPS) is 16.2. The van der Waals surface area contributed by atoms with Crippen LogP contribution in [0.25, 0.3) is 0 Å². The lowest BCUT2D eigenvalue weighted by molar-refractivity contribution is -0.155. The average molecular weight is 318 g/mol. The van der Waals surface area contributed by atoms with Gasteiger partial charge in [0.15, 0.2) is 5.25 Å². The molecule has 0 aliphatic carbocycles. The summed E-state index contributed by atoms with van der Waals surface area (Å²) in [6, 6.07) is 0. The summed E-state index contributed by atoms with van der Waals surface area (Å²) in [6.45, 7) is 0. The van der Waals surface area contributed by atoms with E-state index in [1.165, 1.54) is 0 Å². The van der Waals surface area contributed by atoms with Crippen molar-refractivity contribution in [2.75, 3.05) is 23.0 Å². The summed E-state index contributed by atoms with van der Waals surface area (Å²) < 4.78 is 0. The molecule has 0 radical (unpaired) electrons. The fraction of sp³-hybridized carbons (Fsp3) is 0.750. The van der Waals surface area contributed by atoms with E-state index in [4.69, 9.17) is 10.2 Å². The molecule has 0 aliphatic heterocycles. The van der Waals surface area contributed by atoms with Crippen LogP contribution in [0.2, 0.25) is 0 Å². The minimum atomic E-state index is -2.35. The van der Waals surface area contributed by atoms with Crippen LogP contribution >= 0.6 is 48.8 Å². The first-order valence-corrected chi connectivity index (χ1v) is 7.86. The highest BCUT2D eigenvalue weighted by Crippen LogP contribution is 2.34. The minimum Gasteiger partial charge on any atom is -0.480 e. The second-order valence-corrected chi connectivity index (χ2v) is 6.31. The Labute approximate surface area is 119 Å². The van der Waals surface area contributed by atoms with Gasteiger partial charge in [0, 0.05) is 11.5 Å². The van der Waals surface area contributed by atoms with Gasteiger partial charge in [-0.2, -0.15) is 25.3 Å². The molecule has 0 rings (SSSR count). The molecule has 3 N–H and O–H groups in total. The molecule has 100 valence electrons. The molecule has 0 heterocycles. The number of hydrogen-bond donors (Lipinski definition) is 5. The van der Waals surface area contributed by atoms with E-state index < -0.39 is 22.1 Å². The summed E-state index contributed by atoms with van der Waals surface area (Å²) in [5.74, 6) is -1.56. The lowest BCUT2D eigenvalue weighted by Crippen LogP contribution is -2.49. The predicted molar refractivity (Wildman–Crippen MR) is 76.6 cm³/mol. The second kappa shape index (κ2) is 8.41. The van der Waals surface area contributed by atoms with Crippen LogP contribution in [0.5, 0.6) is 0 Å². The number of aliphatic carboxylic acids is 2. The van der Waals surface area contributed by atoms with Crippen LogP contribution in [0.15, 0.2) is 0 Å². The molecule has 0 amide bonds. The van der Waals surface area contributed by atoms with E-state index in [-0.39, 0.29) is 5.75 Å². The molecule has 0 aromatic carbocycles. The standard InChI is InChI=1S/C8H14O5S4/c9-6(10)5(16-3-1-14)8(13,7(11)12)17-4-2-15/h5,13-15H,1-4H2,(H,9,10)(H,11,12). The van der Waals surface area contributed by atoms with Gasteiger partial charge in [-0.15, -0.1) is 23.5 Å². The Morgan fingerprint density at radius 3 is 2.06 bits per heavy atom.